The molecule has 0 aliphatic heterocycles. The largest absolute Gasteiger partial charge is 0.383 e. The number of rotatable bonds is 7. The van der Waals surface area contributed by atoms with Crippen LogP contribution in [-0.4, -0.2) is 34.4 Å². The van der Waals surface area contributed by atoms with Crippen LogP contribution in [0, 0.1) is 0 Å². The standard InChI is InChI=1S/C18H16Cl2N4O3S/c1-27-7-6-24-16(25)5-4-15(23-24)17(26)22-18-21-10-13(28-18)9-11-8-12(19)2-3-14(11)20/h2-5,8,10H,6-7,9H2,1H3,(H,21,22,26). The van der Waals surface area contributed by atoms with Crippen molar-refractivity contribution in [2.45, 2.75) is 13.0 Å². The fraction of sp³-hybridized carbons (Fsp3) is 0.222. The first kappa shape index (κ1) is 20.5. The fourth-order valence-electron chi connectivity index (χ4n) is 2.38. The molecular weight excluding hydrogens is 423 g/mol. The summed E-state index contributed by atoms with van der Waals surface area (Å²) in [7, 11) is 1.53. The lowest BCUT2D eigenvalue weighted by atomic mass is 10.1. The molecule has 1 amide bonds. The van der Waals surface area contributed by atoms with Crippen LogP contribution in [0.1, 0.15) is 20.9 Å². The van der Waals surface area contributed by atoms with Gasteiger partial charge in [0.05, 0.1) is 13.2 Å². The van der Waals surface area contributed by atoms with Gasteiger partial charge in [-0.1, -0.05) is 23.2 Å². The van der Waals surface area contributed by atoms with Crippen LogP contribution in [0.4, 0.5) is 5.13 Å². The summed E-state index contributed by atoms with van der Waals surface area (Å²) < 4.78 is 6.13. The zero-order valence-corrected chi connectivity index (χ0v) is 17.1. The number of benzene rings is 1. The monoisotopic (exact) mass is 438 g/mol. The number of thiazole rings is 1. The number of nitrogens with one attached hydrogen (secondary N) is 1. The number of anilines is 1. The van der Waals surface area contributed by atoms with E-state index in [1.807, 2.05) is 0 Å². The van der Waals surface area contributed by atoms with Gasteiger partial charge < -0.3 is 4.74 Å². The summed E-state index contributed by atoms with van der Waals surface area (Å²) in [6.45, 7) is 0.581. The first-order valence-corrected chi connectivity index (χ1v) is 9.80. The second-order valence-corrected chi connectivity index (χ2v) is 7.73. The molecule has 0 saturated heterocycles. The predicted molar refractivity (Wildman–Crippen MR) is 110 cm³/mol. The van der Waals surface area contributed by atoms with Crippen molar-refractivity contribution in [3.05, 3.63) is 73.1 Å². The molecule has 0 aliphatic carbocycles. The van der Waals surface area contributed by atoms with Crippen LogP contribution < -0.4 is 10.9 Å². The Bertz CT molecular complexity index is 1050. The third kappa shape index (κ3) is 5.17. The summed E-state index contributed by atoms with van der Waals surface area (Å²) in [4.78, 5) is 29.3. The van der Waals surface area contributed by atoms with Gasteiger partial charge in [0.15, 0.2) is 5.13 Å². The van der Waals surface area contributed by atoms with Gasteiger partial charge in [-0.15, -0.1) is 11.3 Å². The Morgan fingerprint density at radius 3 is 2.89 bits per heavy atom. The van der Waals surface area contributed by atoms with E-state index >= 15 is 0 Å². The van der Waals surface area contributed by atoms with Gasteiger partial charge in [0.1, 0.15) is 5.69 Å². The molecule has 10 heteroatoms. The summed E-state index contributed by atoms with van der Waals surface area (Å²) in [6, 6.07) is 7.94. The van der Waals surface area contributed by atoms with Gasteiger partial charge in [0.25, 0.3) is 11.5 Å². The van der Waals surface area contributed by atoms with E-state index in [1.54, 1.807) is 24.4 Å². The van der Waals surface area contributed by atoms with Crippen molar-refractivity contribution in [3.63, 3.8) is 0 Å². The van der Waals surface area contributed by atoms with E-state index in [4.69, 9.17) is 27.9 Å². The Labute approximate surface area is 174 Å². The Morgan fingerprint density at radius 2 is 2.11 bits per heavy atom. The van der Waals surface area contributed by atoms with E-state index in [1.165, 1.54) is 35.3 Å². The van der Waals surface area contributed by atoms with E-state index in [2.05, 4.69) is 15.4 Å². The maximum Gasteiger partial charge on any atom is 0.277 e. The molecule has 1 aromatic carbocycles. The van der Waals surface area contributed by atoms with Crippen LogP contribution in [0.2, 0.25) is 10.0 Å². The molecule has 3 rings (SSSR count). The number of methoxy groups -OCH3 is 1. The maximum atomic E-state index is 12.4. The Kier molecular flexibility index (Phi) is 6.79. The summed E-state index contributed by atoms with van der Waals surface area (Å²) in [5.41, 5.74) is 0.691. The van der Waals surface area contributed by atoms with Crippen LogP contribution in [0.25, 0.3) is 0 Å². The van der Waals surface area contributed by atoms with Gasteiger partial charge in [-0.3, -0.25) is 14.9 Å². The zero-order chi connectivity index (χ0) is 20.1. The van der Waals surface area contributed by atoms with E-state index < -0.39 is 5.91 Å². The Morgan fingerprint density at radius 1 is 1.29 bits per heavy atom. The Balaban J connectivity index is 1.70. The second kappa shape index (κ2) is 9.29. The third-order valence-electron chi connectivity index (χ3n) is 3.75. The summed E-state index contributed by atoms with van der Waals surface area (Å²) in [5.74, 6) is -0.451. The highest BCUT2D eigenvalue weighted by molar-refractivity contribution is 7.15. The van der Waals surface area contributed by atoms with Gasteiger partial charge in [-0.2, -0.15) is 5.10 Å². The highest BCUT2D eigenvalue weighted by Crippen LogP contribution is 2.27. The normalized spacial score (nSPS) is 10.8. The number of carbonyl (C=O) groups is 1. The lowest BCUT2D eigenvalue weighted by molar-refractivity contribution is 0.101. The molecule has 2 heterocycles. The Hall–Kier alpha value is -2.26. The molecular formula is C18H16Cl2N4O3S. The molecule has 0 radical (unpaired) electrons. The summed E-state index contributed by atoms with van der Waals surface area (Å²) >= 11 is 13.5. The quantitative estimate of drug-likeness (QED) is 0.609. The van der Waals surface area contributed by atoms with Gasteiger partial charge >= 0.3 is 0 Å². The number of hydrogen-bond donors (Lipinski definition) is 1. The van der Waals surface area contributed by atoms with Crippen molar-refractivity contribution >= 4 is 45.6 Å². The molecule has 146 valence electrons. The summed E-state index contributed by atoms with van der Waals surface area (Å²) in [5, 5.41) is 8.40. The van der Waals surface area contributed by atoms with Gasteiger partial charge in [-0.25, -0.2) is 9.67 Å². The number of amides is 1. The molecule has 0 atom stereocenters. The van der Waals surface area contributed by atoms with Crippen molar-refractivity contribution in [2.24, 2.45) is 0 Å². The smallest absolute Gasteiger partial charge is 0.277 e. The third-order valence-corrected chi connectivity index (χ3v) is 5.27. The van der Waals surface area contributed by atoms with Gasteiger partial charge in [-0.05, 0) is 29.8 Å². The second-order valence-electron chi connectivity index (χ2n) is 5.77. The SMILES string of the molecule is COCCn1nc(C(=O)Nc2ncc(Cc3cc(Cl)ccc3Cl)s2)ccc1=O. The minimum Gasteiger partial charge on any atom is -0.383 e. The number of hydrogen-bond acceptors (Lipinski definition) is 6. The first-order valence-electron chi connectivity index (χ1n) is 8.23. The van der Waals surface area contributed by atoms with Gasteiger partial charge in [0, 0.05) is 40.7 Å². The number of aromatic nitrogens is 3. The lowest BCUT2D eigenvalue weighted by Crippen LogP contribution is -2.27. The molecule has 3 aromatic rings. The van der Waals surface area contributed by atoms with Crippen molar-refractivity contribution in [1.82, 2.24) is 14.8 Å². The van der Waals surface area contributed by atoms with Crippen LogP contribution in [0.5, 0.6) is 0 Å². The molecule has 2 aromatic heterocycles. The molecule has 0 fully saturated rings. The molecule has 0 saturated carbocycles. The molecule has 0 aliphatic rings. The molecule has 0 spiro atoms. The van der Waals surface area contributed by atoms with Crippen molar-refractivity contribution < 1.29 is 9.53 Å². The molecule has 0 unspecified atom stereocenters. The first-order chi connectivity index (χ1) is 13.5. The van der Waals surface area contributed by atoms with Crippen LogP contribution in [-0.2, 0) is 17.7 Å². The van der Waals surface area contributed by atoms with E-state index in [-0.39, 0.29) is 17.8 Å². The number of halogens is 2. The number of ether oxygens (including phenoxy) is 1. The minimum absolute atomic E-state index is 0.116. The highest BCUT2D eigenvalue weighted by Gasteiger charge is 2.13. The predicted octanol–water partition coefficient (Wildman–Crippen LogP) is 3.50. The number of nitrogens with zero attached hydrogens (tertiary/aromatic N) is 3. The van der Waals surface area contributed by atoms with E-state index in [9.17, 15) is 9.59 Å². The fourth-order valence-corrected chi connectivity index (χ4v) is 3.59. The van der Waals surface area contributed by atoms with Crippen LogP contribution >= 0.6 is 34.5 Å². The highest BCUT2D eigenvalue weighted by atomic mass is 35.5. The average Bonchev–Trinajstić information content (AvgIpc) is 3.10. The summed E-state index contributed by atoms with van der Waals surface area (Å²) in [6.07, 6.45) is 2.22. The molecule has 28 heavy (non-hydrogen) atoms. The van der Waals surface area contributed by atoms with E-state index in [0.29, 0.717) is 28.2 Å². The zero-order valence-electron chi connectivity index (χ0n) is 14.8. The minimum atomic E-state index is -0.451. The maximum absolute atomic E-state index is 12.4. The van der Waals surface area contributed by atoms with Crippen molar-refractivity contribution in [2.75, 3.05) is 19.0 Å². The molecule has 7 nitrogen and oxygen atoms in total. The van der Waals surface area contributed by atoms with Crippen molar-refractivity contribution in [1.29, 1.82) is 0 Å². The van der Waals surface area contributed by atoms with Crippen LogP contribution in [0.15, 0.2) is 41.3 Å². The van der Waals surface area contributed by atoms with Gasteiger partial charge in [0.2, 0.25) is 0 Å². The topological polar surface area (TPSA) is 86.1 Å². The van der Waals surface area contributed by atoms with Crippen molar-refractivity contribution in [3.8, 4) is 0 Å². The lowest BCUT2D eigenvalue weighted by Gasteiger charge is -2.06. The number of carbonyl (C=O) groups excluding carboxylic acids is 1. The van der Waals surface area contributed by atoms with E-state index in [0.717, 1.165) is 10.4 Å². The van der Waals surface area contributed by atoms with Crippen LogP contribution in [0.3, 0.4) is 0 Å². The molecule has 0 bridgehead atoms. The average molecular weight is 439 g/mol. The molecule has 1 N–H and O–H groups in total.